The first-order chi connectivity index (χ1) is 12.3. The topological polar surface area (TPSA) is 40.1 Å². The van der Waals surface area contributed by atoms with Crippen molar-refractivity contribution < 1.29 is 4.74 Å². The molecular formula is C20H31IN4O. The largest absolute Gasteiger partial charge is 0.493 e. The van der Waals surface area contributed by atoms with Gasteiger partial charge in [-0.2, -0.15) is 0 Å². The van der Waals surface area contributed by atoms with Crippen molar-refractivity contribution in [2.75, 3.05) is 46.4 Å². The molecule has 0 saturated carbocycles. The fourth-order valence-electron chi connectivity index (χ4n) is 3.53. The van der Waals surface area contributed by atoms with E-state index in [0.717, 1.165) is 57.5 Å². The van der Waals surface area contributed by atoms with Crippen LogP contribution in [-0.4, -0.2) is 68.2 Å². The van der Waals surface area contributed by atoms with Gasteiger partial charge in [-0.25, -0.2) is 0 Å². The van der Waals surface area contributed by atoms with Gasteiger partial charge in [0.05, 0.1) is 6.61 Å². The Morgan fingerprint density at radius 2 is 2.04 bits per heavy atom. The monoisotopic (exact) mass is 470 g/mol. The van der Waals surface area contributed by atoms with Gasteiger partial charge in [-0.15, -0.1) is 24.0 Å². The summed E-state index contributed by atoms with van der Waals surface area (Å²) in [4.78, 5) is 9.38. The number of nitrogens with one attached hydrogen (secondary N) is 1. The lowest BCUT2D eigenvalue weighted by molar-refractivity contribution is 0.259. The van der Waals surface area contributed by atoms with Crippen LogP contribution in [0.1, 0.15) is 18.4 Å². The van der Waals surface area contributed by atoms with E-state index in [1.807, 2.05) is 25.2 Å². The van der Waals surface area contributed by atoms with E-state index in [1.54, 1.807) is 0 Å². The number of hydrogen-bond donors (Lipinski definition) is 1. The number of ether oxygens (including phenoxy) is 1. The lowest BCUT2D eigenvalue weighted by Crippen LogP contribution is -2.43. The lowest BCUT2D eigenvalue weighted by atomic mass is 10.2. The predicted molar refractivity (Wildman–Crippen MR) is 119 cm³/mol. The van der Waals surface area contributed by atoms with E-state index in [1.165, 1.54) is 12.0 Å². The number of hydrogen-bond acceptors (Lipinski definition) is 3. The standard InChI is InChI=1S/C20H30N4O.HI/c1-17-8-3-4-9-19(17)25-15-7-11-22-20(21-2)24-14-10-18(16-24)23-12-5-6-13-23;/h3-6,8-9,18H,7,10-16H2,1-2H3,(H,21,22);1H. The molecule has 1 unspecified atom stereocenters. The SMILES string of the molecule is CN=C(NCCCOc1ccccc1C)N1CCC(N2CC=CC2)C1.I. The Labute approximate surface area is 174 Å². The Morgan fingerprint density at radius 1 is 1.27 bits per heavy atom. The Morgan fingerprint density at radius 3 is 2.77 bits per heavy atom. The molecule has 0 radical (unpaired) electrons. The van der Waals surface area contributed by atoms with Gasteiger partial charge in [0.25, 0.3) is 0 Å². The van der Waals surface area contributed by atoms with Crippen LogP contribution < -0.4 is 10.1 Å². The molecule has 0 aromatic heterocycles. The van der Waals surface area contributed by atoms with Crippen LogP contribution in [0.15, 0.2) is 41.4 Å². The number of guanidine groups is 1. The second-order valence-corrected chi connectivity index (χ2v) is 6.76. The summed E-state index contributed by atoms with van der Waals surface area (Å²) in [5.41, 5.74) is 1.19. The van der Waals surface area contributed by atoms with Crippen LogP contribution in [-0.2, 0) is 0 Å². The van der Waals surface area contributed by atoms with Crippen LogP contribution in [0.2, 0.25) is 0 Å². The fraction of sp³-hybridized carbons (Fsp3) is 0.550. The predicted octanol–water partition coefficient (Wildman–Crippen LogP) is 2.90. The van der Waals surface area contributed by atoms with Crippen LogP contribution in [0.5, 0.6) is 5.75 Å². The van der Waals surface area contributed by atoms with Crippen molar-refractivity contribution in [3.63, 3.8) is 0 Å². The Hall–Kier alpha value is -1.28. The first-order valence-electron chi connectivity index (χ1n) is 9.31. The third-order valence-electron chi connectivity index (χ3n) is 4.99. The summed E-state index contributed by atoms with van der Waals surface area (Å²) in [6, 6.07) is 8.81. The first kappa shape index (κ1) is 21.0. The summed E-state index contributed by atoms with van der Waals surface area (Å²) >= 11 is 0. The minimum atomic E-state index is 0. The number of rotatable bonds is 6. The van der Waals surface area contributed by atoms with Crippen LogP contribution in [0.4, 0.5) is 0 Å². The van der Waals surface area contributed by atoms with E-state index in [0.29, 0.717) is 6.04 Å². The van der Waals surface area contributed by atoms with Crippen molar-refractivity contribution >= 4 is 29.9 Å². The van der Waals surface area contributed by atoms with E-state index < -0.39 is 0 Å². The van der Waals surface area contributed by atoms with Crippen LogP contribution in [0.25, 0.3) is 0 Å². The third kappa shape index (κ3) is 5.61. The lowest BCUT2D eigenvalue weighted by Gasteiger charge is -2.25. The maximum atomic E-state index is 5.86. The maximum absolute atomic E-state index is 5.86. The fourth-order valence-corrected chi connectivity index (χ4v) is 3.53. The average Bonchev–Trinajstić information content (AvgIpc) is 3.31. The minimum absolute atomic E-state index is 0. The number of halogens is 1. The van der Waals surface area contributed by atoms with Crippen LogP contribution in [0, 0.1) is 6.92 Å². The van der Waals surface area contributed by atoms with Crippen molar-refractivity contribution in [1.82, 2.24) is 15.1 Å². The maximum Gasteiger partial charge on any atom is 0.193 e. The van der Waals surface area contributed by atoms with Gasteiger partial charge < -0.3 is 15.0 Å². The highest BCUT2D eigenvalue weighted by Crippen LogP contribution is 2.18. The molecule has 1 aromatic rings. The Bertz CT molecular complexity index is 612. The van der Waals surface area contributed by atoms with Crippen LogP contribution >= 0.6 is 24.0 Å². The van der Waals surface area contributed by atoms with Gasteiger partial charge in [0.1, 0.15) is 5.75 Å². The Balaban J connectivity index is 0.00000243. The zero-order valence-electron chi connectivity index (χ0n) is 15.9. The normalized spacial score (nSPS) is 20.3. The van der Waals surface area contributed by atoms with Crippen molar-refractivity contribution in [2.45, 2.75) is 25.8 Å². The van der Waals surface area contributed by atoms with Gasteiger partial charge >= 0.3 is 0 Å². The molecule has 1 N–H and O–H groups in total. The van der Waals surface area contributed by atoms with Crippen molar-refractivity contribution in [2.24, 2.45) is 4.99 Å². The van der Waals surface area contributed by atoms with E-state index >= 15 is 0 Å². The molecule has 2 aliphatic heterocycles. The second kappa shape index (κ2) is 10.8. The number of para-hydroxylation sites is 1. The zero-order chi connectivity index (χ0) is 17.5. The first-order valence-corrected chi connectivity index (χ1v) is 9.31. The number of aliphatic imine (C=N–C) groups is 1. The molecule has 0 spiro atoms. The highest BCUT2D eigenvalue weighted by Gasteiger charge is 2.29. The van der Waals surface area contributed by atoms with E-state index in [2.05, 4.69) is 45.3 Å². The zero-order valence-corrected chi connectivity index (χ0v) is 18.2. The summed E-state index contributed by atoms with van der Waals surface area (Å²) in [7, 11) is 1.87. The third-order valence-corrected chi connectivity index (χ3v) is 4.99. The van der Waals surface area contributed by atoms with E-state index in [-0.39, 0.29) is 24.0 Å². The number of aryl methyl sites for hydroxylation is 1. The molecular weight excluding hydrogens is 439 g/mol. The highest BCUT2D eigenvalue weighted by atomic mass is 127. The molecule has 0 bridgehead atoms. The molecule has 0 aliphatic carbocycles. The summed E-state index contributed by atoms with van der Waals surface area (Å²) in [5, 5.41) is 3.49. The molecule has 2 heterocycles. The molecule has 2 aliphatic rings. The molecule has 26 heavy (non-hydrogen) atoms. The Kier molecular flexibility index (Phi) is 8.71. The highest BCUT2D eigenvalue weighted by molar-refractivity contribution is 14.0. The van der Waals surface area contributed by atoms with Crippen molar-refractivity contribution in [3.8, 4) is 5.75 Å². The summed E-state index contributed by atoms with van der Waals surface area (Å²) in [6.07, 6.45) is 6.72. The average molecular weight is 470 g/mol. The summed E-state index contributed by atoms with van der Waals surface area (Å²) in [5.74, 6) is 2.00. The summed E-state index contributed by atoms with van der Waals surface area (Å²) in [6.45, 7) is 8.03. The molecule has 0 amide bonds. The van der Waals surface area contributed by atoms with Gasteiger partial charge in [-0.1, -0.05) is 30.4 Å². The second-order valence-electron chi connectivity index (χ2n) is 6.76. The molecule has 6 heteroatoms. The molecule has 3 rings (SSSR count). The number of likely N-dealkylation sites (tertiary alicyclic amines) is 1. The molecule has 5 nitrogen and oxygen atoms in total. The number of nitrogens with zero attached hydrogens (tertiary/aromatic N) is 3. The van der Waals surface area contributed by atoms with Gasteiger partial charge in [0, 0.05) is 45.8 Å². The van der Waals surface area contributed by atoms with E-state index in [9.17, 15) is 0 Å². The van der Waals surface area contributed by atoms with E-state index in [4.69, 9.17) is 4.74 Å². The molecule has 144 valence electrons. The van der Waals surface area contributed by atoms with Gasteiger partial charge in [-0.05, 0) is 31.4 Å². The molecule has 1 fully saturated rings. The van der Waals surface area contributed by atoms with Crippen molar-refractivity contribution in [1.29, 1.82) is 0 Å². The van der Waals surface area contributed by atoms with Gasteiger partial charge in [0.2, 0.25) is 0 Å². The smallest absolute Gasteiger partial charge is 0.193 e. The molecule has 1 saturated heterocycles. The van der Waals surface area contributed by atoms with Gasteiger partial charge in [0.15, 0.2) is 5.96 Å². The van der Waals surface area contributed by atoms with Gasteiger partial charge in [-0.3, -0.25) is 9.89 Å². The quantitative estimate of drug-likeness (QED) is 0.228. The van der Waals surface area contributed by atoms with Crippen molar-refractivity contribution in [3.05, 3.63) is 42.0 Å². The minimum Gasteiger partial charge on any atom is -0.493 e. The van der Waals surface area contributed by atoms with Crippen LogP contribution in [0.3, 0.4) is 0 Å². The number of benzene rings is 1. The molecule has 1 atom stereocenters. The summed E-state index contributed by atoms with van der Waals surface area (Å²) < 4.78 is 5.86. The molecule has 1 aromatic carbocycles.